The molecule has 0 spiro atoms. The fourth-order valence-electron chi connectivity index (χ4n) is 3.82. The highest BCUT2D eigenvalue weighted by atomic mass is 16.5. The zero-order chi connectivity index (χ0) is 21.1. The molecule has 1 aromatic carbocycles. The van der Waals surface area contributed by atoms with Crippen molar-refractivity contribution >= 4 is 11.7 Å². The smallest absolute Gasteiger partial charge is 0.252 e. The molecule has 1 amide bonds. The average molecular weight is 409 g/mol. The molecular weight excluding hydrogens is 380 g/mol. The van der Waals surface area contributed by atoms with Gasteiger partial charge in [-0.05, 0) is 38.0 Å². The number of carbonyl (C=O) groups excluding carboxylic acids is 1. The van der Waals surface area contributed by atoms with E-state index in [-0.39, 0.29) is 18.4 Å². The number of benzene rings is 1. The van der Waals surface area contributed by atoms with Crippen LogP contribution in [0, 0.1) is 13.8 Å². The van der Waals surface area contributed by atoms with Crippen molar-refractivity contribution in [3.63, 3.8) is 0 Å². The van der Waals surface area contributed by atoms with Crippen LogP contribution in [0.25, 0.3) is 5.78 Å². The van der Waals surface area contributed by atoms with E-state index in [0.717, 1.165) is 43.2 Å². The molecule has 1 atom stereocenters. The highest BCUT2D eigenvalue weighted by molar-refractivity contribution is 5.77. The van der Waals surface area contributed by atoms with Gasteiger partial charge in [0.25, 0.3) is 5.78 Å². The molecule has 30 heavy (non-hydrogen) atoms. The Kier molecular flexibility index (Phi) is 6.06. The van der Waals surface area contributed by atoms with Crippen molar-refractivity contribution in [3.05, 3.63) is 58.7 Å². The first kappa shape index (κ1) is 20.4. The van der Waals surface area contributed by atoms with Gasteiger partial charge in [0, 0.05) is 37.6 Å². The van der Waals surface area contributed by atoms with Gasteiger partial charge in [0.1, 0.15) is 0 Å². The number of aromatic nitrogens is 4. The third kappa shape index (κ3) is 5.01. The minimum Gasteiger partial charge on any atom is -0.376 e. The lowest BCUT2D eigenvalue weighted by atomic mass is 10.1. The Hall–Kier alpha value is -2.84. The van der Waals surface area contributed by atoms with Crippen LogP contribution in [-0.4, -0.2) is 56.2 Å². The van der Waals surface area contributed by atoms with E-state index in [2.05, 4.69) is 44.3 Å². The van der Waals surface area contributed by atoms with Gasteiger partial charge in [-0.1, -0.05) is 24.3 Å². The second kappa shape index (κ2) is 8.89. The molecule has 1 fully saturated rings. The average Bonchev–Trinajstić information content (AvgIpc) is 3.09. The van der Waals surface area contributed by atoms with Crippen LogP contribution >= 0.6 is 0 Å². The molecule has 0 aliphatic carbocycles. The fraction of sp³-hybridized carbons (Fsp3) is 0.455. The monoisotopic (exact) mass is 408 g/mol. The Balaban J connectivity index is 1.33. The van der Waals surface area contributed by atoms with Gasteiger partial charge in [0.15, 0.2) is 5.82 Å². The van der Waals surface area contributed by atoms with Gasteiger partial charge < -0.3 is 10.1 Å². The van der Waals surface area contributed by atoms with Crippen molar-refractivity contribution in [2.45, 2.75) is 46.4 Å². The number of hydrogen-bond acceptors (Lipinski definition) is 6. The van der Waals surface area contributed by atoms with Gasteiger partial charge in [-0.25, -0.2) is 9.50 Å². The van der Waals surface area contributed by atoms with E-state index in [0.29, 0.717) is 18.1 Å². The second-order valence-corrected chi connectivity index (χ2v) is 7.97. The highest BCUT2D eigenvalue weighted by Gasteiger charge is 2.17. The molecule has 4 rings (SSSR count). The van der Waals surface area contributed by atoms with Gasteiger partial charge in [-0.2, -0.15) is 4.98 Å². The van der Waals surface area contributed by atoms with Crippen LogP contribution in [0.1, 0.15) is 35.3 Å². The van der Waals surface area contributed by atoms with Crippen molar-refractivity contribution < 1.29 is 9.53 Å². The molecule has 1 aliphatic rings. The van der Waals surface area contributed by atoms with Crippen LogP contribution in [0.4, 0.5) is 0 Å². The number of nitrogens with zero attached hydrogens (tertiary/aromatic N) is 5. The molecule has 3 heterocycles. The SMILES string of the molecule is Cc1cc(C)n2nc(CC(=O)NCc3cccc(CN4CCOC(C)C4)c3)nc2n1. The quantitative estimate of drug-likeness (QED) is 0.670. The van der Waals surface area contributed by atoms with Gasteiger partial charge in [0.2, 0.25) is 5.91 Å². The molecule has 8 heteroatoms. The first-order valence-electron chi connectivity index (χ1n) is 10.3. The van der Waals surface area contributed by atoms with E-state index in [4.69, 9.17) is 4.74 Å². The first-order valence-corrected chi connectivity index (χ1v) is 10.3. The Morgan fingerprint density at radius 2 is 2.07 bits per heavy atom. The summed E-state index contributed by atoms with van der Waals surface area (Å²) in [6.45, 7) is 10.0. The maximum atomic E-state index is 12.4. The summed E-state index contributed by atoms with van der Waals surface area (Å²) in [6, 6.07) is 10.3. The van der Waals surface area contributed by atoms with Gasteiger partial charge in [-0.3, -0.25) is 9.69 Å². The Morgan fingerprint density at radius 3 is 2.90 bits per heavy atom. The molecular formula is C22H28N6O2. The van der Waals surface area contributed by atoms with E-state index >= 15 is 0 Å². The number of amides is 1. The number of ether oxygens (including phenoxy) is 1. The maximum Gasteiger partial charge on any atom is 0.252 e. The number of rotatable bonds is 6. The largest absolute Gasteiger partial charge is 0.376 e. The fourth-order valence-corrected chi connectivity index (χ4v) is 3.82. The summed E-state index contributed by atoms with van der Waals surface area (Å²) >= 11 is 0. The molecule has 0 bridgehead atoms. The Bertz CT molecular complexity index is 1050. The lowest BCUT2D eigenvalue weighted by Crippen LogP contribution is -2.40. The number of morpholine rings is 1. The van der Waals surface area contributed by atoms with E-state index in [1.165, 1.54) is 5.56 Å². The zero-order valence-electron chi connectivity index (χ0n) is 17.8. The molecule has 0 radical (unpaired) electrons. The predicted molar refractivity (Wildman–Crippen MR) is 113 cm³/mol. The molecule has 3 aromatic rings. The van der Waals surface area contributed by atoms with Crippen molar-refractivity contribution in [3.8, 4) is 0 Å². The predicted octanol–water partition coefficient (Wildman–Crippen LogP) is 1.82. The molecule has 2 aromatic heterocycles. The molecule has 1 unspecified atom stereocenters. The van der Waals surface area contributed by atoms with E-state index in [1.54, 1.807) is 4.52 Å². The summed E-state index contributed by atoms with van der Waals surface area (Å²) in [6.07, 6.45) is 0.407. The Morgan fingerprint density at radius 1 is 1.23 bits per heavy atom. The van der Waals surface area contributed by atoms with Crippen LogP contribution in [0.15, 0.2) is 30.3 Å². The third-order valence-corrected chi connectivity index (χ3v) is 5.19. The van der Waals surface area contributed by atoms with Crippen molar-refractivity contribution in [2.75, 3.05) is 19.7 Å². The molecule has 1 N–H and O–H groups in total. The van der Waals surface area contributed by atoms with E-state index < -0.39 is 0 Å². The summed E-state index contributed by atoms with van der Waals surface area (Å²) in [7, 11) is 0. The Labute approximate surface area is 176 Å². The number of aryl methyl sites for hydroxylation is 2. The van der Waals surface area contributed by atoms with Crippen molar-refractivity contribution in [1.82, 2.24) is 29.8 Å². The van der Waals surface area contributed by atoms with Crippen molar-refractivity contribution in [1.29, 1.82) is 0 Å². The van der Waals surface area contributed by atoms with Gasteiger partial charge in [-0.15, -0.1) is 5.10 Å². The molecule has 1 saturated heterocycles. The lowest BCUT2D eigenvalue weighted by molar-refractivity contribution is -0.120. The summed E-state index contributed by atoms with van der Waals surface area (Å²) in [5.41, 5.74) is 4.16. The maximum absolute atomic E-state index is 12.4. The normalized spacial score (nSPS) is 17.4. The number of fused-ring (bicyclic) bond motifs is 1. The summed E-state index contributed by atoms with van der Waals surface area (Å²) in [5.74, 6) is 0.900. The molecule has 0 saturated carbocycles. The van der Waals surface area contributed by atoms with E-state index in [9.17, 15) is 4.79 Å². The molecule has 8 nitrogen and oxygen atoms in total. The van der Waals surface area contributed by atoms with Crippen molar-refractivity contribution in [2.24, 2.45) is 0 Å². The van der Waals surface area contributed by atoms with Crippen LogP contribution < -0.4 is 5.32 Å². The number of nitrogens with one attached hydrogen (secondary N) is 1. The second-order valence-electron chi connectivity index (χ2n) is 7.97. The van der Waals surface area contributed by atoms with Gasteiger partial charge >= 0.3 is 0 Å². The van der Waals surface area contributed by atoms with Crippen LogP contribution in [0.3, 0.4) is 0 Å². The van der Waals surface area contributed by atoms with Crippen LogP contribution in [0.2, 0.25) is 0 Å². The number of hydrogen-bond donors (Lipinski definition) is 1. The van der Waals surface area contributed by atoms with Gasteiger partial charge in [0.05, 0.1) is 19.1 Å². The highest BCUT2D eigenvalue weighted by Crippen LogP contribution is 2.12. The summed E-state index contributed by atoms with van der Waals surface area (Å²) < 4.78 is 7.28. The summed E-state index contributed by atoms with van der Waals surface area (Å²) in [4.78, 5) is 23.6. The van der Waals surface area contributed by atoms with Crippen LogP contribution in [0.5, 0.6) is 0 Å². The minimum atomic E-state index is -0.104. The number of carbonyl (C=O) groups is 1. The summed E-state index contributed by atoms with van der Waals surface area (Å²) in [5, 5.41) is 7.37. The topological polar surface area (TPSA) is 84.7 Å². The minimum absolute atomic E-state index is 0.104. The first-order chi connectivity index (χ1) is 14.5. The standard InChI is InChI=1S/C22H28N6O2/c1-15-9-16(2)28-22(24-15)25-20(26-28)11-21(29)23-12-18-5-4-6-19(10-18)14-27-7-8-30-17(3)13-27/h4-6,9-10,17H,7-8,11-14H2,1-3H3,(H,23,29). The third-order valence-electron chi connectivity index (χ3n) is 5.19. The lowest BCUT2D eigenvalue weighted by Gasteiger charge is -2.31. The molecule has 158 valence electrons. The zero-order valence-corrected chi connectivity index (χ0v) is 17.8. The van der Waals surface area contributed by atoms with E-state index in [1.807, 2.05) is 32.0 Å². The molecule has 1 aliphatic heterocycles. The van der Waals surface area contributed by atoms with Crippen LogP contribution in [-0.2, 0) is 29.0 Å².